The maximum Gasteiger partial charge on any atom is 0.227 e. The first-order valence-electron chi connectivity index (χ1n) is 10.9. The molecule has 0 aliphatic carbocycles. The van der Waals surface area contributed by atoms with Crippen LogP contribution in [0.2, 0.25) is 0 Å². The number of nitrogens with one attached hydrogen (secondary N) is 1. The molecule has 2 aromatic carbocycles. The number of aromatic nitrogens is 3. The third-order valence-electron chi connectivity index (χ3n) is 5.14. The molecule has 0 bridgehead atoms. The summed E-state index contributed by atoms with van der Waals surface area (Å²) in [6, 6.07) is 20.0. The standard InChI is InChI=1S/C26H26N4O2S/c1-18(2)20-5-7-21(8-6-20)26-29-25(32-30-26)14-13-24(31)28-22-9-11-23(12-10-22)33-17-19-4-3-15-27-16-19/h3-12,15-16,18H,13-14,17H2,1-2H3,(H,28,31). The van der Waals surface area contributed by atoms with E-state index in [9.17, 15) is 4.79 Å². The Morgan fingerprint density at radius 1 is 1.06 bits per heavy atom. The first-order chi connectivity index (χ1) is 16.1. The maximum atomic E-state index is 12.3. The van der Waals surface area contributed by atoms with Crippen LogP contribution in [0.25, 0.3) is 11.4 Å². The number of amides is 1. The third-order valence-corrected chi connectivity index (χ3v) is 6.22. The average molecular weight is 459 g/mol. The van der Waals surface area contributed by atoms with Gasteiger partial charge in [0.2, 0.25) is 17.6 Å². The number of carbonyl (C=O) groups excluding carboxylic acids is 1. The largest absolute Gasteiger partial charge is 0.339 e. The van der Waals surface area contributed by atoms with Crippen LogP contribution in [-0.2, 0) is 17.0 Å². The van der Waals surface area contributed by atoms with Gasteiger partial charge in [-0.25, -0.2) is 0 Å². The molecule has 1 N–H and O–H groups in total. The van der Waals surface area contributed by atoms with Gasteiger partial charge in [0.05, 0.1) is 0 Å². The first kappa shape index (κ1) is 22.7. The molecule has 0 unspecified atom stereocenters. The second kappa shape index (κ2) is 10.9. The molecule has 1 amide bonds. The highest BCUT2D eigenvalue weighted by Gasteiger charge is 2.11. The Labute approximate surface area is 197 Å². The number of hydrogen-bond donors (Lipinski definition) is 1. The van der Waals surface area contributed by atoms with Gasteiger partial charge in [-0.15, -0.1) is 11.8 Å². The van der Waals surface area contributed by atoms with Crippen molar-refractivity contribution in [3.8, 4) is 11.4 Å². The molecule has 0 atom stereocenters. The lowest BCUT2D eigenvalue weighted by atomic mass is 10.0. The molecule has 4 aromatic rings. The van der Waals surface area contributed by atoms with E-state index >= 15 is 0 Å². The minimum Gasteiger partial charge on any atom is -0.339 e. The van der Waals surface area contributed by atoms with Crippen molar-refractivity contribution in [2.24, 2.45) is 0 Å². The zero-order chi connectivity index (χ0) is 23.0. The van der Waals surface area contributed by atoms with Gasteiger partial charge >= 0.3 is 0 Å². The van der Waals surface area contributed by atoms with Crippen LogP contribution >= 0.6 is 11.8 Å². The van der Waals surface area contributed by atoms with Crippen molar-refractivity contribution in [3.63, 3.8) is 0 Å². The summed E-state index contributed by atoms with van der Waals surface area (Å²) >= 11 is 1.73. The number of aryl methyl sites for hydroxylation is 1. The molecule has 0 aliphatic heterocycles. The van der Waals surface area contributed by atoms with E-state index in [1.165, 1.54) is 11.1 Å². The smallest absolute Gasteiger partial charge is 0.227 e. The molecular formula is C26H26N4O2S. The van der Waals surface area contributed by atoms with Gasteiger partial charge in [0.25, 0.3) is 0 Å². The van der Waals surface area contributed by atoms with Crippen LogP contribution in [0.4, 0.5) is 5.69 Å². The van der Waals surface area contributed by atoms with Gasteiger partial charge in [-0.05, 0) is 47.4 Å². The second-order valence-electron chi connectivity index (χ2n) is 8.01. The quantitative estimate of drug-likeness (QED) is 0.304. The molecule has 2 aromatic heterocycles. The Kier molecular flexibility index (Phi) is 7.52. The summed E-state index contributed by atoms with van der Waals surface area (Å²) in [6.07, 6.45) is 4.30. The molecular weight excluding hydrogens is 432 g/mol. The zero-order valence-electron chi connectivity index (χ0n) is 18.7. The molecule has 2 heterocycles. The van der Waals surface area contributed by atoms with Crippen LogP contribution in [0.1, 0.15) is 43.2 Å². The fraction of sp³-hybridized carbons (Fsp3) is 0.231. The highest BCUT2D eigenvalue weighted by molar-refractivity contribution is 7.98. The van der Waals surface area contributed by atoms with Gasteiger partial charge in [-0.1, -0.05) is 49.3 Å². The lowest BCUT2D eigenvalue weighted by Gasteiger charge is -2.06. The number of rotatable bonds is 9. The summed E-state index contributed by atoms with van der Waals surface area (Å²) < 4.78 is 5.33. The van der Waals surface area contributed by atoms with E-state index in [2.05, 4.69) is 52.5 Å². The van der Waals surface area contributed by atoms with Gasteiger partial charge in [-0.3, -0.25) is 9.78 Å². The van der Waals surface area contributed by atoms with Crippen molar-refractivity contribution < 1.29 is 9.32 Å². The first-order valence-corrected chi connectivity index (χ1v) is 11.9. The number of thioether (sulfide) groups is 1. The van der Waals surface area contributed by atoms with E-state index in [1.54, 1.807) is 18.0 Å². The van der Waals surface area contributed by atoms with Crippen molar-refractivity contribution in [2.75, 3.05) is 5.32 Å². The van der Waals surface area contributed by atoms with Crippen molar-refractivity contribution >= 4 is 23.4 Å². The van der Waals surface area contributed by atoms with Gasteiger partial charge in [0.1, 0.15) is 0 Å². The summed E-state index contributed by atoms with van der Waals surface area (Å²) in [6.45, 7) is 4.31. The third kappa shape index (κ3) is 6.52. The van der Waals surface area contributed by atoms with E-state index in [4.69, 9.17) is 4.52 Å². The van der Waals surface area contributed by atoms with Crippen LogP contribution in [0.15, 0.2) is 82.5 Å². The molecule has 6 nitrogen and oxygen atoms in total. The summed E-state index contributed by atoms with van der Waals surface area (Å²) in [4.78, 5) is 22.0. The Bertz CT molecular complexity index is 1170. The molecule has 7 heteroatoms. The Balaban J connectivity index is 1.25. The Hall–Kier alpha value is -3.45. The number of hydrogen-bond acceptors (Lipinski definition) is 6. The number of pyridine rings is 1. The van der Waals surface area contributed by atoms with E-state index < -0.39 is 0 Å². The van der Waals surface area contributed by atoms with Crippen molar-refractivity contribution in [1.29, 1.82) is 0 Å². The SMILES string of the molecule is CC(C)c1ccc(-c2noc(CCC(=O)Nc3ccc(SCc4cccnc4)cc3)n2)cc1. The lowest BCUT2D eigenvalue weighted by molar-refractivity contribution is -0.116. The van der Waals surface area contributed by atoms with E-state index in [1.807, 2.05) is 48.7 Å². The van der Waals surface area contributed by atoms with Crippen LogP contribution in [0.5, 0.6) is 0 Å². The number of anilines is 1. The topological polar surface area (TPSA) is 80.9 Å². The molecule has 0 spiro atoms. The lowest BCUT2D eigenvalue weighted by Crippen LogP contribution is -2.12. The average Bonchev–Trinajstić information content (AvgIpc) is 3.32. The molecule has 0 radical (unpaired) electrons. The monoisotopic (exact) mass is 458 g/mol. The summed E-state index contributed by atoms with van der Waals surface area (Å²) in [5.41, 5.74) is 4.11. The fourth-order valence-electron chi connectivity index (χ4n) is 3.22. The van der Waals surface area contributed by atoms with E-state index in [-0.39, 0.29) is 12.3 Å². The van der Waals surface area contributed by atoms with E-state index in [0.717, 1.165) is 21.9 Å². The summed E-state index contributed by atoms with van der Waals surface area (Å²) in [5, 5.41) is 6.97. The normalized spacial score (nSPS) is 11.0. The maximum absolute atomic E-state index is 12.3. The zero-order valence-corrected chi connectivity index (χ0v) is 19.5. The van der Waals surface area contributed by atoms with Crippen LogP contribution in [-0.4, -0.2) is 21.0 Å². The van der Waals surface area contributed by atoms with Gasteiger partial charge in [0.15, 0.2) is 0 Å². The van der Waals surface area contributed by atoms with Crippen LogP contribution in [0, 0.1) is 0 Å². The molecule has 0 saturated carbocycles. The molecule has 0 aliphatic rings. The molecule has 33 heavy (non-hydrogen) atoms. The molecule has 168 valence electrons. The van der Waals surface area contributed by atoms with Crippen molar-refractivity contribution in [2.45, 2.75) is 43.3 Å². The van der Waals surface area contributed by atoms with Crippen LogP contribution in [0.3, 0.4) is 0 Å². The second-order valence-corrected chi connectivity index (χ2v) is 9.06. The molecule has 0 saturated heterocycles. The van der Waals surface area contributed by atoms with Gasteiger partial charge < -0.3 is 9.84 Å². The van der Waals surface area contributed by atoms with Crippen LogP contribution < -0.4 is 5.32 Å². The summed E-state index contributed by atoms with van der Waals surface area (Å²) in [5.74, 6) is 2.23. The number of carbonyl (C=O) groups is 1. The van der Waals surface area contributed by atoms with E-state index in [0.29, 0.717) is 24.1 Å². The minimum atomic E-state index is -0.0909. The Morgan fingerprint density at radius 3 is 2.55 bits per heavy atom. The number of nitrogens with zero attached hydrogens (tertiary/aromatic N) is 3. The minimum absolute atomic E-state index is 0.0909. The highest BCUT2D eigenvalue weighted by Crippen LogP contribution is 2.24. The van der Waals surface area contributed by atoms with Crippen molar-refractivity contribution in [3.05, 3.63) is 90.1 Å². The van der Waals surface area contributed by atoms with Gasteiger partial charge in [-0.2, -0.15) is 4.98 Å². The predicted octanol–water partition coefficient (Wildman–Crippen LogP) is 6.12. The molecule has 0 fully saturated rings. The highest BCUT2D eigenvalue weighted by atomic mass is 32.2. The Morgan fingerprint density at radius 2 is 1.85 bits per heavy atom. The fourth-order valence-corrected chi connectivity index (χ4v) is 4.05. The summed E-state index contributed by atoms with van der Waals surface area (Å²) in [7, 11) is 0. The predicted molar refractivity (Wildman–Crippen MR) is 131 cm³/mol. The van der Waals surface area contributed by atoms with Crippen molar-refractivity contribution in [1.82, 2.24) is 15.1 Å². The molecule has 4 rings (SSSR count). The van der Waals surface area contributed by atoms with Gasteiger partial charge in [0, 0.05) is 47.1 Å². The number of benzene rings is 2.